The van der Waals surface area contributed by atoms with E-state index in [1.54, 1.807) is 43.4 Å². The van der Waals surface area contributed by atoms with E-state index in [2.05, 4.69) is 20.8 Å². The number of carbonyl (C=O) groups is 1. The van der Waals surface area contributed by atoms with Crippen LogP contribution in [0.4, 0.5) is 4.39 Å². The van der Waals surface area contributed by atoms with Crippen molar-refractivity contribution in [3.8, 4) is 11.4 Å². The van der Waals surface area contributed by atoms with E-state index in [-0.39, 0.29) is 18.3 Å². The van der Waals surface area contributed by atoms with E-state index in [1.165, 1.54) is 10.7 Å². The van der Waals surface area contributed by atoms with Crippen molar-refractivity contribution >= 4 is 5.91 Å². The molecule has 0 saturated carbocycles. The number of hydrogen-bond donors (Lipinski definition) is 1. The van der Waals surface area contributed by atoms with Gasteiger partial charge in [-0.05, 0) is 28.6 Å². The Bertz CT molecular complexity index is 846. The topological polar surface area (TPSA) is 72.7 Å². The Morgan fingerprint density at radius 2 is 2.04 bits per heavy atom. The number of aryl methyl sites for hydroxylation is 1. The van der Waals surface area contributed by atoms with Gasteiger partial charge in [-0.1, -0.05) is 30.3 Å². The zero-order valence-electron chi connectivity index (χ0n) is 12.4. The number of aromatic nitrogens is 4. The average molecular weight is 311 g/mol. The molecule has 1 amide bonds. The van der Waals surface area contributed by atoms with Crippen LogP contribution in [0, 0.1) is 5.82 Å². The summed E-state index contributed by atoms with van der Waals surface area (Å²) in [5, 5.41) is 14.0. The quantitative estimate of drug-likeness (QED) is 0.799. The molecule has 0 radical (unpaired) electrons. The molecule has 6 nitrogen and oxygen atoms in total. The summed E-state index contributed by atoms with van der Waals surface area (Å²) < 4.78 is 15.1. The van der Waals surface area contributed by atoms with Crippen molar-refractivity contribution in [3.05, 3.63) is 65.5 Å². The van der Waals surface area contributed by atoms with Gasteiger partial charge in [0.05, 0.1) is 0 Å². The minimum Gasteiger partial charge on any atom is -0.348 e. The number of carbonyl (C=O) groups excluding carboxylic acids is 1. The number of rotatable bonds is 4. The van der Waals surface area contributed by atoms with Crippen LogP contribution in [-0.4, -0.2) is 26.1 Å². The van der Waals surface area contributed by atoms with Crippen molar-refractivity contribution < 1.29 is 9.18 Å². The number of nitrogens with one attached hydrogen (secondary N) is 1. The Morgan fingerprint density at radius 3 is 2.78 bits per heavy atom. The van der Waals surface area contributed by atoms with E-state index in [9.17, 15) is 9.18 Å². The van der Waals surface area contributed by atoms with Gasteiger partial charge in [-0.2, -0.15) is 0 Å². The molecular formula is C16H14FN5O. The molecule has 7 heteroatoms. The first-order valence-corrected chi connectivity index (χ1v) is 6.99. The molecule has 116 valence electrons. The highest BCUT2D eigenvalue weighted by atomic mass is 19.1. The fraction of sp³-hybridized carbons (Fsp3) is 0.125. The van der Waals surface area contributed by atoms with Gasteiger partial charge in [-0.25, -0.2) is 9.07 Å². The van der Waals surface area contributed by atoms with Gasteiger partial charge in [0.25, 0.3) is 5.91 Å². The van der Waals surface area contributed by atoms with Gasteiger partial charge in [0.1, 0.15) is 5.82 Å². The van der Waals surface area contributed by atoms with Gasteiger partial charge in [-0.15, -0.1) is 5.10 Å². The summed E-state index contributed by atoms with van der Waals surface area (Å²) in [5.41, 5.74) is 1.63. The smallest absolute Gasteiger partial charge is 0.251 e. The zero-order valence-corrected chi connectivity index (χ0v) is 12.4. The number of nitrogens with zero attached hydrogens (tertiary/aromatic N) is 4. The Kier molecular flexibility index (Phi) is 4.09. The molecule has 0 aliphatic rings. The number of tetrazole rings is 1. The first kappa shape index (κ1) is 14.8. The van der Waals surface area contributed by atoms with Crippen molar-refractivity contribution in [3.63, 3.8) is 0 Å². The average Bonchev–Trinajstić information content (AvgIpc) is 3.00. The largest absolute Gasteiger partial charge is 0.348 e. The second-order valence-electron chi connectivity index (χ2n) is 4.98. The SMILES string of the molecule is Cn1nnnc1-c1cccc(C(=O)NCc2ccccc2F)c1. The minimum absolute atomic E-state index is 0.126. The summed E-state index contributed by atoms with van der Waals surface area (Å²) in [6.07, 6.45) is 0. The van der Waals surface area contributed by atoms with E-state index < -0.39 is 0 Å². The number of benzene rings is 2. The highest BCUT2D eigenvalue weighted by molar-refractivity contribution is 5.95. The Balaban J connectivity index is 1.76. The third-order valence-electron chi connectivity index (χ3n) is 3.40. The summed E-state index contributed by atoms with van der Waals surface area (Å²) in [6.45, 7) is 0.126. The van der Waals surface area contributed by atoms with Gasteiger partial charge >= 0.3 is 0 Å². The van der Waals surface area contributed by atoms with E-state index in [0.29, 0.717) is 17.0 Å². The molecule has 0 saturated heterocycles. The van der Waals surface area contributed by atoms with Crippen LogP contribution < -0.4 is 5.32 Å². The Morgan fingerprint density at radius 1 is 1.22 bits per heavy atom. The van der Waals surface area contributed by atoms with Crippen molar-refractivity contribution in [2.75, 3.05) is 0 Å². The molecule has 0 aliphatic carbocycles. The van der Waals surface area contributed by atoms with Gasteiger partial charge < -0.3 is 5.32 Å². The van der Waals surface area contributed by atoms with Crippen molar-refractivity contribution in [2.45, 2.75) is 6.54 Å². The molecule has 0 atom stereocenters. The Labute approximate surface area is 132 Å². The summed E-state index contributed by atoms with van der Waals surface area (Å²) in [4.78, 5) is 12.2. The summed E-state index contributed by atoms with van der Waals surface area (Å²) in [5.74, 6) is -0.0642. The van der Waals surface area contributed by atoms with Gasteiger partial charge in [0.2, 0.25) is 0 Å². The van der Waals surface area contributed by atoms with E-state index in [0.717, 1.165) is 5.56 Å². The van der Waals surface area contributed by atoms with Crippen LogP contribution in [0.15, 0.2) is 48.5 Å². The fourth-order valence-electron chi connectivity index (χ4n) is 2.19. The monoisotopic (exact) mass is 311 g/mol. The van der Waals surface area contributed by atoms with E-state index in [4.69, 9.17) is 0 Å². The Hall–Kier alpha value is -3.09. The van der Waals surface area contributed by atoms with Crippen molar-refractivity contribution in [1.29, 1.82) is 0 Å². The lowest BCUT2D eigenvalue weighted by Crippen LogP contribution is -2.23. The molecule has 1 aromatic heterocycles. The van der Waals surface area contributed by atoms with E-state index >= 15 is 0 Å². The molecule has 3 aromatic rings. The van der Waals surface area contributed by atoms with Gasteiger partial charge in [0.15, 0.2) is 5.82 Å². The van der Waals surface area contributed by atoms with Crippen LogP contribution in [0.5, 0.6) is 0 Å². The maximum atomic E-state index is 13.6. The first-order valence-electron chi connectivity index (χ1n) is 6.99. The van der Waals surface area contributed by atoms with Crippen molar-refractivity contribution in [1.82, 2.24) is 25.5 Å². The molecule has 3 rings (SSSR count). The van der Waals surface area contributed by atoms with Crippen LogP contribution in [0.3, 0.4) is 0 Å². The normalized spacial score (nSPS) is 10.5. The molecule has 0 bridgehead atoms. The molecule has 1 heterocycles. The summed E-state index contributed by atoms with van der Waals surface area (Å²) in [7, 11) is 1.72. The van der Waals surface area contributed by atoms with Crippen LogP contribution in [0.1, 0.15) is 15.9 Å². The predicted molar refractivity (Wildman–Crippen MR) is 81.8 cm³/mol. The van der Waals surface area contributed by atoms with Crippen LogP contribution in [0.2, 0.25) is 0 Å². The highest BCUT2D eigenvalue weighted by Crippen LogP contribution is 2.16. The third-order valence-corrected chi connectivity index (χ3v) is 3.40. The third kappa shape index (κ3) is 3.23. The van der Waals surface area contributed by atoms with Crippen LogP contribution >= 0.6 is 0 Å². The molecule has 1 N–H and O–H groups in total. The second-order valence-corrected chi connectivity index (χ2v) is 4.98. The molecule has 0 unspecified atom stereocenters. The number of hydrogen-bond acceptors (Lipinski definition) is 4. The van der Waals surface area contributed by atoms with Gasteiger partial charge in [-0.3, -0.25) is 4.79 Å². The maximum absolute atomic E-state index is 13.6. The van der Waals surface area contributed by atoms with Crippen LogP contribution in [0.25, 0.3) is 11.4 Å². The van der Waals surface area contributed by atoms with Crippen LogP contribution in [-0.2, 0) is 13.6 Å². The fourth-order valence-corrected chi connectivity index (χ4v) is 2.19. The zero-order chi connectivity index (χ0) is 16.2. The lowest BCUT2D eigenvalue weighted by molar-refractivity contribution is 0.0950. The van der Waals surface area contributed by atoms with E-state index in [1.807, 2.05) is 6.07 Å². The summed E-state index contributed by atoms with van der Waals surface area (Å²) in [6, 6.07) is 13.3. The molecule has 23 heavy (non-hydrogen) atoms. The minimum atomic E-state index is -0.341. The molecule has 0 aliphatic heterocycles. The first-order chi connectivity index (χ1) is 11.1. The molecule has 0 spiro atoms. The number of halogens is 1. The summed E-state index contributed by atoms with van der Waals surface area (Å²) >= 11 is 0. The highest BCUT2D eigenvalue weighted by Gasteiger charge is 2.11. The standard InChI is InChI=1S/C16H14FN5O/c1-22-15(19-20-21-22)11-6-4-7-12(9-11)16(23)18-10-13-5-2-3-8-14(13)17/h2-9H,10H2,1H3,(H,18,23). The van der Waals surface area contributed by atoms with Crippen molar-refractivity contribution in [2.24, 2.45) is 7.05 Å². The van der Waals surface area contributed by atoms with Gasteiger partial charge in [0, 0.05) is 30.3 Å². The lowest BCUT2D eigenvalue weighted by Gasteiger charge is -2.07. The maximum Gasteiger partial charge on any atom is 0.251 e. The molecular weight excluding hydrogens is 297 g/mol. The molecule has 0 fully saturated rings. The second kappa shape index (κ2) is 6.35. The number of amides is 1. The lowest BCUT2D eigenvalue weighted by atomic mass is 10.1. The molecule has 2 aromatic carbocycles. The predicted octanol–water partition coefficient (Wildman–Crippen LogP) is 1.95.